The zero-order valence-electron chi connectivity index (χ0n) is 12.1. The van der Waals surface area contributed by atoms with E-state index in [0.717, 1.165) is 12.1 Å². The van der Waals surface area contributed by atoms with Crippen LogP contribution in [-0.2, 0) is 25.7 Å². The summed E-state index contributed by atoms with van der Waals surface area (Å²) in [5.41, 5.74) is 1.61. The number of ether oxygens (including phenoxy) is 1. The van der Waals surface area contributed by atoms with Gasteiger partial charge in [0.15, 0.2) is 4.90 Å². The molecule has 1 N–H and O–H groups in total. The van der Waals surface area contributed by atoms with Gasteiger partial charge in [-0.1, -0.05) is 42.5 Å². The Morgan fingerprint density at radius 1 is 1.08 bits per heavy atom. The Hall–Kier alpha value is -2.98. The van der Waals surface area contributed by atoms with Crippen molar-refractivity contribution >= 4 is 21.9 Å². The number of carbonyl (C=O) groups is 1. The summed E-state index contributed by atoms with van der Waals surface area (Å²) in [4.78, 5) is 20.7. The van der Waals surface area contributed by atoms with Crippen LogP contribution in [0.25, 0.3) is 0 Å². The van der Waals surface area contributed by atoms with Gasteiger partial charge in [0.2, 0.25) is 0 Å². The van der Waals surface area contributed by atoms with Crippen molar-refractivity contribution in [3.63, 3.8) is 0 Å². The highest BCUT2D eigenvalue weighted by Crippen LogP contribution is 2.23. The fraction of sp³-hybridized carbons (Fsp3) is 0.0714. The first-order valence-electron chi connectivity index (χ1n) is 6.54. The summed E-state index contributed by atoms with van der Waals surface area (Å²) in [6.07, 6.45) is -1.15. The number of benzene rings is 2. The molecule has 10 heteroatoms. The summed E-state index contributed by atoms with van der Waals surface area (Å²) in [6.45, 7) is -0.0957. The SMILES string of the molecule is O=C(NOS(=O)(=O)c1ccccc1[N+](=O)[O-])OCc1ccccc1. The Bertz CT molecular complexity index is 837. The number of nitro groups is 1. The normalized spacial score (nSPS) is 10.8. The molecule has 0 unspecified atom stereocenters. The van der Waals surface area contributed by atoms with Crippen LogP contribution in [0.3, 0.4) is 0 Å². The Kier molecular flexibility index (Phi) is 5.45. The fourth-order valence-electron chi connectivity index (χ4n) is 1.71. The van der Waals surface area contributed by atoms with Gasteiger partial charge in [0.1, 0.15) is 6.61 Å². The van der Waals surface area contributed by atoms with E-state index < -0.39 is 31.7 Å². The lowest BCUT2D eigenvalue weighted by Gasteiger charge is -2.08. The van der Waals surface area contributed by atoms with Crippen molar-refractivity contribution in [3.05, 3.63) is 70.3 Å². The quantitative estimate of drug-likeness (QED) is 0.623. The van der Waals surface area contributed by atoms with Gasteiger partial charge < -0.3 is 4.74 Å². The van der Waals surface area contributed by atoms with E-state index in [2.05, 4.69) is 4.28 Å². The number of hydroxylamine groups is 1. The Balaban J connectivity index is 1.98. The molecule has 0 aromatic heterocycles. The average molecular weight is 352 g/mol. The molecule has 2 aromatic rings. The topological polar surface area (TPSA) is 125 Å². The minimum atomic E-state index is -4.57. The molecule has 0 saturated heterocycles. The van der Waals surface area contributed by atoms with E-state index in [1.807, 2.05) is 0 Å². The first kappa shape index (κ1) is 17.4. The van der Waals surface area contributed by atoms with Crippen molar-refractivity contribution in [2.24, 2.45) is 0 Å². The minimum Gasteiger partial charge on any atom is -0.443 e. The average Bonchev–Trinajstić information content (AvgIpc) is 2.59. The number of nitrogens with one attached hydrogen (secondary N) is 1. The zero-order valence-corrected chi connectivity index (χ0v) is 12.9. The van der Waals surface area contributed by atoms with E-state index in [1.165, 1.54) is 12.1 Å². The van der Waals surface area contributed by atoms with Crippen LogP contribution in [0.15, 0.2) is 59.5 Å². The molecule has 9 nitrogen and oxygen atoms in total. The minimum absolute atomic E-state index is 0.0957. The molecular weight excluding hydrogens is 340 g/mol. The van der Waals surface area contributed by atoms with Crippen LogP contribution < -0.4 is 5.48 Å². The highest BCUT2D eigenvalue weighted by atomic mass is 32.2. The monoisotopic (exact) mass is 352 g/mol. The molecule has 0 aliphatic rings. The molecule has 1 amide bonds. The van der Waals surface area contributed by atoms with Crippen LogP contribution in [-0.4, -0.2) is 19.4 Å². The van der Waals surface area contributed by atoms with Gasteiger partial charge in [-0.25, -0.2) is 4.79 Å². The van der Waals surface area contributed by atoms with E-state index in [-0.39, 0.29) is 6.61 Å². The van der Waals surface area contributed by atoms with Crippen molar-refractivity contribution in [2.75, 3.05) is 0 Å². The second kappa shape index (κ2) is 7.53. The summed E-state index contributed by atoms with van der Waals surface area (Å²) >= 11 is 0. The number of hydrogen-bond acceptors (Lipinski definition) is 7. The third-order valence-electron chi connectivity index (χ3n) is 2.78. The molecule has 2 aromatic carbocycles. The number of rotatable bonds is 6. The number of nitro benzene ring substituents is 1. The molecule has 0 spiro atoms. The van der Waals surface area contributed by atoms with Crippen molar-refractivity contribution in [1.29, 1.82) is 0 Å². The maximum atomic E-state index is 11.9. The maximum Gasteiger partial charge on any atom is 0.432 e. The van der Waals surface area contributed by atoms with Crippen LogP contribution in [0.1, 0.15) is 5.56 Å². The Morgan fingerprint density at radius 2 is 1.71 bits per heavy atom. The fourth-order valence-corrected chi connectivity index (χ4v) is 2.62. The number of carbonyl (C=O) groups excluding carboxylic acids is 1. The van der Waals surface area contributed by atoms with Gasteiger partial charge in [0.25, 0.3) is 5.69 Å². The first-order valence-corrected chi connectivity index (χ1v) is 7.94. The predicted molar refractivity (Wildman–Crippen MR) is 81.1 cm³/mol. The van der Waals surface area contributed by atoms with Crippen LogP contribution in [0.5, 0.6) is 0 Å². The van der Waals surface area contributed by atoms with Crippen molar-refractivity contribution < 1.29 is 27.2 Å². The lowest BCUT2D eigenvalue weighted by molar-refractivity contribution is -0.387. The lowest BCUT2D eigenvalue weighted by Crippen LogP contribution is -2.28. The standard InChI is InChI=1S/C14H12N2O7S/c17-14(22-10-11-6-2-1-3-7-11)15-23-24(20,21)13-9-5-4-8-12(13)16(18)19/h1-9H,10H2,(H,15,17). The molecular formula is C14H12N2O7S. The molecule has 0 aliphatic carbocycles. The molecule has 0 fully saturated rings. The van der Waals surface area contributed by atoms with Crippen LogP contribution in [0.4, 0.5) is 10.5 Å². The van der Waals surface area contributed by atoms with E-state index in [0.29, 0.717) is 5.56 Å². The van der Waals surface area contributed by atoms with E-state index >= 15 is 0 Å². The highest BCUT2D eigenvalue weighted by Gasteiger charge is 2.27. The lowest BCUT2D eigenvalue weighted by atomic mass is 10.2. The molecule has 0 atom stereocenters. The molecule has 0 bridgehead atoms. The molecule has 0 aliphatic heterocycles. The highest BCUT2D eigenvalue weighted by molar-refractivity contribution is 7.86. The van der Waals surface area contributed by atoms with Crippen molar-refractivity contribution in [1.82, 2.24) is 5.48 Å². The summed E-state index contributed by atoms with van der Waals surface area (Å²) in [5, 5.41) is 10.8. The van der Waals surface area contributed by atoms with Crippen LogP contribution in [0, 0.1) is 10.1 Å². The largest absolute Gasteiger partial charge is 0.443 e. The number of para-hydroxylation sites is 1. The summed E-state index contributed by atoms with van der Waals surface area (Å²) in [7, 11) is -4.57. The number of amides is 1. The maximum absolute atomic E-state index is 11.9. The van der Waals surface area contributed by atoms with Gasteiger partial charge in [-0.15, -0.1) is 4.28 Å². The van der Waals surface area contributed by atoms with Gasteiger partial charge >= 0.3 is 16.2 Å². The summed E-state index contributed by atoms with van der Waals surface area (Å²) in [6, 6.07) is 13.3. The predicted octanol–water partition coefficient (Wildman–Crippen LogP) is 2.14. The van der Waals surface area contributed by atoms with Crippen molar-refractivity contribution in [3.8, 4) is 0 Å². The molecule has 0 heterocycles. The van der Waals surface area contributed by atoms with Gasteiger partial charge in [-0.3, -0.25) is 10.1 Å². The van der Waals surface area contributed by atoms with Gasteiger partial charge in [0.05, 0.1) is 4.92 Å². The van der Waals surface area contributed by atoms with Crippen LogP contribution in [0.2, 0.25) is 0 Å². The van der Waals surface area contributed by atoms with Gasteiger partial charge in [-0.05, 0) is 11.6 Å². The molecule has 2 rings (SSSR count). The second-order valence-electron chi connectivity index (χ2n) is 4.43. The summed E-state index contributed by atoms with van der Waals surface area (Å²) < 4.78 is 32.9. The molecule has 0 saturated carbocycles. The molecule has 126 valence electrons. The summed E-state index contributed by atoms with van der Waals surface area (Å²) in [5.74, 6) is 0. The molecule has 0 radical (unpaired) electrons. The molecule has 24 heavy (non-hydrogen) atoms. The Morgan fingerprint density at radius 3 is 2.38 bits per heavy atom. The first-order chi connectivity index (χ1) is 11.4. The van der Waals surface area contributed by atoms with E-state index in [9.17, 15) is 23.3 Å². The number of hydrogen-bond donors (Lipinski definition) is 1. The van der Waals surface area contributed by atoms with Gasteiger partial charge in [0, 0.05) is 6.07 Å². The van der Waals surface area contributed by atoms with E-state index in [4.69, 9.17) is 4.74 Å². The second-order valence-corrected chi connectivity index (χ2v) is 5.94. The third kappa shape index (κ3) is 4.51. The number of nitrogens with zero attached hydrogens (tertiary/aromatic N) is 1. The Labute approximate surface area is 137 Å². The third-order valence-corrected chi connectivity index (χ3v) is 3.97. The van der Waals surface area contributed by atoms with Gasteiger partial charge in [-0.2, -0.15) is 13.9 Å². The smallest absolute Gasteiger partial charge is 0.432 e. The zero-order chi connectivity index (χ0) is 17.6. The van der Waals surface area contributed by atoms with Crippen molar-refractivity contribution in [2.45, 2.75) is 11.5 Å². The van der Waals surface area contributed by atoms with Crippen LogP contribution >= 0.6 is 0 Å². The van der Waals surface area contributed by atoms with E-state index in [1.54, 1.807) is 35.8 Å².